The van der Waals surface area contributed by atoms with Crippen LogP contribution in [-0.2, 0) is 6.42 Å². The van der Waals surface area contributed by atoms with Crippen LogP contribution in [0.2, 0.25) is 5.02 Å². The third kappa shape index (κ3) is 3.46. The van der Waals surface area contributed by atoms with Crippen LogP contribution in [0.15, 0.2) is 18.2 Å². The molecule has 0 radical (unpaired) electrons. The highest BCUT2D eigenvalue weighted by Crippen LogP contribution is 2.31. The Hall–Kier alpha value is -0.770. The fourth-order valence-corrected chi connectivity index (χ4v) is 3.38. The minimum Gasteiger partial charge on any atom is -0.367 e. The quantitative estimate of drug-likeness (QED) is 0.927. The van der Waals surface area contributed by atoms with E-state index in [1.54, 1.807) is 0 Å². The third-order valence-electron chi connectivity index (χ3n) is 4.17. The van der Waals surface area contributed by atoms with Crippen LogP contribution in [0.1, 0.15) is 25.3 Å². The SMILES string of the molecule is CCC1CN(C)CCCN1c1cccc(Cl)c1CCN. The Kier molecular flexibility index (Phi) is 5.70. The molecule has 1 aliphatic rings. The van der Waals surface area contributed by atoms with Crippen LogP contribution in [0.3, 0.4) is 0 Å². The van der Waals surface area contributed by atoms with Crippen LogP contribution in [0.25, 0.3) is 0 Å². The molecular formula is C16H26ClN3. The Bertz CT molecular complexity index is 436. The van der Waals surface area contributed by atoms with Crippen molar-refractivity contribution in [2.75, 3.05) is 38.1 Å². The van der Waals surface area contributed by atoms with Gasteiger partial charge in [0.05, 0.1) is 0 Å². The molecule has 0 saturated carbocycles. The zero-order chi connectivity index (χ0) is 14.5. The fourth-order valence-electron chi connectivity index (χ4n) is 3.12. The second-order valence-corrected chi connectivity index (χ2v) is 6.05. The van der Waals surface area contributed by atoms with E-state index in [9.17, 15) is 0 Å². The molecule has 1 fully saturated rings. The summed E-state index contributed by atoms with van der Waals surface area (Å²) in [6.07, 6.45) is 3.19. The van der Waals surface area contributed by atoms with Crippen LogP contribution in [0, 0.1) is 0 Å². The van der Waals surface area contributed by atoms with Crippen LogP contribution in [-0.4, -0.2) is 44.2 Å². The van der Waals surface area contributed by atoms with Crippen molar-refractivity contribution < 1.29 is 0 Å². The van der Waals surface area contributed by atoms with Gasteiger partial charge in [-0.3, -0.25) is 0 Å². The summed E-state index contributed by atoms with van der Waals surface area (Å²) in [6, 6.07) is 6.78. The first-order valence-electron chi connectivity index (χ1n) is 7.60. The van der Waals surface area contributed by atoms with Gasteiger partial charge in [-0.25, -0.2) is 0 Å². The lowest BCUT2D eigenvalue weighted by Crippen LogP contribution is -2.40. The van der Waals surface area contributed by atoms with Gasteiger partial charge in [0.1, 0.15) is 0 Å². The van der Waals surface area contributed by atoms with Crippen LogP contribution in [0.4, 0.5) is 5.69 Å². The van der Waals surface area contributed by atoms with E-state index in [4.69, 9.17) is 17.3 Å². The molecule has 2 rings (SSSR count). The lowest BCUT2D eigenvalue weighted by atomic mass is 10.1. The summed E-state index contributed by atoms with van der Waals surface area (Å²) < 4.78 is 0. The van der Waals surface area contributed by atoms with Gasteiger partial charge in [0.15, 0.2) is 0 Å². The second kappa shape index (κ2) is 7.30. The average molecular weight is 296 g/mol. The molecule has 3 nitrogen and oxygen atoms in total. The number of halogens is 1. The molecule has 1 aromatic carbocycles. The Labute approximate surface area is 127 Å². The largest absolute Gasteiger partial charge is 0.367 e. The normalized spacial score (nSPS) is 21.0. The zero-order valence-electron chi connectivity index (χ0n) is 12.6. The molecule has 1 saturated heterocycles. The smallest absolute Gasteiger partial charge is 0.0459 e. The molecular weight excluding hydrogens is 270 g/mol. The molecule has 112 valence electrons. The Balaban J connectivity index is 2.34. The topological polar surface area (TPSA) is 32.5 Å². The van der Waals surface area contributed by atoms with Gasteiger partial charge in [0.2, 0.25) is 0 Å². The maximum atomic E-state index is 6.40. The summed E-state index contributed by atoms with van der Waals surface area (Å²) in [7, 11) is 2.21. The first kappa shape index (κ1) is 15.6. The summed E-state index contributed by atoms with van der Waals surface area (Å²) in [6.45, 7) is 6.29. The van der Waals surface area contributed by atoms with Crippen LogP contribution in [0.5, 0.6) is 0 Å². The minimum atomic E-state index is 0.553. The number of benzene rings is 1. The van der Waals surface area contributed by atoms with E-state index in [1.165, 1.54) is 24.2 Å². The molecule has 20 heavy (non-hydrogen) atoms. The minimum absolute atomic E-state index is 0.553. The predicted molar refractivity (Wildman–Crippen MR) is 87.7 cm³/mol. The van der Waals surface area contributed by atoms with Crippen molar-refractivity contribution in [3.05, 3.63) is 28.8 Å². The molecule has 0 aromatic heterocycles. The first-order valence-corrected chi connectivity index (χ1v) is 7.97. The molecule has 0 spiro atoms. The van der Waals surface area contributed by atoms with Crippen molar-refractivity contribution in [2.45, 2.75) is 32.2 Å². The van der Waals surface area contributed by atoms with Gasteiger partial charge in [-0.1, -0.05) is 24.6 Å². The number of likely N-dealkylation sites (N-methyl/N-ethyl adjacent to an activating group) is 1. The molecule has 0 amide bonds. The Morgan fingerprint density at radius 3 is 2.85 bits per heavy atom. The van der Waals surface area contributed by atoms with Crippen molar-refractivity contribution >= 4 is 17.3 Å². The predicted octanol–water partition coefficient (Wildman–Crippen LogP) is 2.76. The van der Waals surface area contributed by atoms with Gasteiger partial charge in [0.25, 0.3) is 0 Å². The van der Waals surface area contributed by atoms with Crippen LogP contribution < -0.4 is 10.6 Å². The van der Waals surface area contributed by atoms with Crippen molar-refractivity contribution in [3.8, 4) is 0 Å². The lowest BCUT2D eigenvalue weighted by molar-refractivity contribution is 0.328. The van der Waals surface area contributed by atoms with Crippen molar-refractivity contribution in [1.82, 2.24) is 4.90 Å². The van der Waals surface area contributed by atoms with Crippen molar-refractivity contribution in [3.63, 3.8) is 0 Å². The number of rotatable bonds is 4. The third-order valence-corrected chi connectivity index (χ3v) is 4.53. The van der Waals surface area contributed by atoms with E-state index in [1.807, 2.05) is 6.07 Å². The van der Waals surface area contributed by atoms with Gasteiger partial charge in [-0.2, -0.15) is 0 Å². The molecule has 1 aromatic rings. The van der Waals surface area contributed by atoms with Gasteiger partial charge in [-0.05, 0) is 57.1 Å². The number of nitrogens with zero attached hydrogens (tertiary/aromatic N) is 2. The molecule has 0 bridgehead atoms. The van der Waals surface area contributed by atoms with Gasteiger partial charge in [0, 0.05) is 29.8 Å². The molecule has 1 atom stereocenters. The van der Waals surface area contributed by atoms with Crippen LogP contribution >= 0.6 is 11.6 Å². The summed E-state index contributed by atoms with van der Waals surface area (Å²) in [5.74, 6) is 0. The van der Waals surface area contributed by atoms with Crippen molar-refractivity contribution in [1.29, 1.82) is 0 Å². The van der Waals surface area contributed by atoms with Gasteiger partial charge < -0.3 is 15.5 Å². The van der Waals surface area contributed by atoms with E-state index in [0.717, 1.165) is 31.0 Å². The highest BCUT2D eigenvalue weighted by molar-refractivity contribution is 6.31. The number of hydrogen-bond acceptors (Lipinski definition) is 3. The van der Waals surface area contributed by atoms with E-state index in [2.05, 4.69) is 35.9 Å². The standard InChI is InChI=1S/C16H26ClN3/c1-3-13-12-19(2)10-5-11-20(13)16-7-4-6-15(17)14(16)8-9-18/h4,6-7,13H,3,5,8-12,18H2,1-2H3. The summed E-state index contributed by atoms with van der Waals surface area (Å²) in [5, 5.41) is 0.848. The molecule has 4 heteroatoms. The summed E-state index contributed by atoms with van der Waals surface area (Å²) >= 11 is 6.40. The Morgan fingerprint density at radius 2 is 2.15 bits per heavy atom. The number of anilines is 1. The van der Waals surface area contributed by atoms with E-state index < -0.39 is 0 Å². The average Bonchev–Trinajstić information content (AvgIpc) is 2.62. The van der Waals surface area contributed by atoms with E-state index in [0.29, 0.717) is 12.6 Å². The number of nitrogens with two attached hydrogens (primary N) is 1. The molecule has 1 heterocycles. The molecule has 1 unspecified atom stereocenters. The first-order chi connectivity index (χ1) is 9.67. The number of hydrogen-bond donors (Lipinski definition) is 1. The fraction of sp³-hybridized carbons (Fsp3) is 0.625. The summed E-state index contributed by atoms with van der Waals surface area (Å²) in [5.41, 5.74) is 8.25. The highest BCUT2D eigenvalue weighted by atomic mass is 35.5. The zero-order valence-corrected chi connectivity index (χ0v) is 13.4. The van der Waals surface area contributed by atoms with Gasteiger partial charge >= 0.3 is 0 Å². The monoisotopic (exact) mass is 295 g/mol. The molecule has 1 aliphatic heterocycles. The van der Waals surface area contributed by atoms with E-state index >= 15 is 0 Å². The Morgan fingerprint density at radius 1 is 1.35 bits per heavy atom. The molecule has 2 N–H and O–H groups in total. The summed E-state index contributed by atoms with van der Waals surface area (Å²) in [4.78, 5) is 4.97. The maximum Gasteiger partial charge on any atom is 0.0459 e. The lowest BCUT2D eigenvalue weighted by Gasteiger charge is -2.34. The van der Waals surface area contributed by atoms with E-state index in [-0.39, 0.29) is 0 Å². The highest BCUT2D eigenvalue weighted by Gasteiger charge is 2.24. The molecule has 0 aliphatic carbocycles. The van der Waals surface area contributed by atoms with Gasteiger partial charge in [-0.15, -0.1) is 0 Å². The second-order valence-electron chi connectivity index (χ2n) is 5.65. The maximum absolute atomic E-state index is 6.40. The van der Waals surface area contributed by atoms with Crippen molar-refractivity contribution in [2.24, 2.45) is 5.73 Å².